The normalized spacial score (nSPS) is 23.3. The number of thioether (sulfide) groups is 1. The number of fused-ring (bicyclic) bond motifs is 4. The molecular formula is C31H36N2O5S. The van der Waals surface area contributed by atoms with Gasteiger partial charge in [-0.15, -0.1) is 6.58 Å². The van der Waals surface area contributed by atoms with Crippen LogP contribution >= 0.6 is 11.8 Å². The smallest absolute Gasteiger partial charge is 0.317 e. The molecule has 3 aliphatic heterocycles. The lowest BCUT2D eigenvalue weighted by atomic mass is 9.73. The fraction of sp³-hybridized carbons (Fsp3) is 0.387. The molecule has 4 heterocycles. The fourth-order valence-electron chi connectivity index (χ4n) is 5.65. The van der Waals surface area contributed by atoms with E-state index in [-0.39, 0.29) is 11.2 Å². The van der Waals surface area contributed by atoms with E-state index in [1.807, 2.05) is 54.6 Å². The molecule has 0 spiro atoms. The van der Waals surface area contributed by atoms with Crippen LogP contribution in [-0.4, -0.2) is 62.7 Å². The summed E-state index contributed by atoms with van der Waals surface area (Å²) < 4.78 is 5.35. The van der Waals surface area contributed by atoms with Gasteiger partial charge in [-0.3, -0.25) is 19.5 Å². The van der Waals surface area contributed by atoms with Crippen molar-refractivity contribution in [2.24, 2.45) is 11.8 Å². The van der Waals surface area contributed by atoms with E-state index in [1.54, 1.807) is 13.3 Å². The number of methoxy groups -OCH3 is 1. The van der Waals surface area contributed by atoms with Gasteiger partial charge in [0.15, 0.2) is 5.12 Å². The molecule has 39 heavy (non-hydrogen) atoms. The van der Waals surface area contributed by atoms with Gasteiger partial charge in [-0.25, -0.2) is 0 Å². The molecule has 8 heteroatoms. The van der Waals surface area contributed by atoms with Gasteiger partial charge in [0.2, 0.25) is 0 Å². The van der Waals surface area contributed by atoms with Gasteiger partial charge in [-0.05, 0) is 73.0 Å². The summed E-state index contributed by atoms with van der Waals surface area (Å²) in [5, 5.41) is 20.2. The SMILES string of the molecule is C=C[C@@H]1CN2CCC1C[C@@H]2C(O)c1ccnc2ccc(OC)cc12.CC(=O)SC(Cc1ccccc1)C(=O)O. The standard InChI is InChI=1S/C20H24N2O2.C11H12O3S/c1-3-13-12-22-9-7-14(13)10-19(22)20(23)16-6-8-21-18-5-4-15(24-2)11-17(16)18;1-8(12)15-10(11(13)14)7-9-5-3-2-4-6-9/h3-6,8,11,13-14,19-20,23H,1,7,9-10,12H2,2H3;2-6,10H,7H2,1H3,(H,13,14)/t13-,14?,19-,20?;/m1./s1. The van der Waals surface area contributed by atoms with Crippen molar-refractivity contribution < 1.29 is 24.5 Å². The Morgan fingerprint density at radius 3 is 2.62 bits per heavy atom. The molecule has 3 aromatic rings. The van der Waals surface area contributed by atoms with Crippen LogP contribution in [0.2, 0.25) is 0 Å². The molecule has 0 saturated carbocycles. The van der Waals surface area contributed by atoms with Crippen molar-refractivity contribution in [1.29, 1.82) is 0 Å². The second-order valence-corrected chi connectivity index (χ2v) is 11.5. The van der Waals surface area contributed by atoms with Crippen LogP contribution in [0.1, 0.15) is 37.0 Å². The van der Waals surface area contributed by atoms with Crippen LogP contribution in [0.15, 0.2) is 73.4 Å². The quantitative estimate of drug-likeness (QED) is 0.374. The number of benzene rings is 2. The maximum Gasteiger partial charge on any atom is 0.317 e. The Bertz CT molecular complexity index is 1300. The van der Waals surface area contributed by atoms with Gasteiger partial charge in [-0.1, -0.05) is 48.2 Å². The van der Waals surface area contributed by atoms with Gasteiger partial charge in [0.05, 0.1) is 18.7 Å². The van der Waals surface area contributed by atoms with E-state index in [2.05, 4.69) is 22.5 Å². The summed E-state index contributed by atoms with van der Waals surface area (Å²) in [5.41, 5.74) is 2.78. The van der Waals surface area contributed by atoms with Gasteiger partial charge in [0.1, 0.15) is 11.0 Å². The highest BCUT2D eigenvalue weighted by Crippen LogP contribution is 2.42. The molecule has 3 saturated heterocycles. The number of piperidine rings is 3. The molecule has 6 atom stereocenters. The molecule has 206 valence electrons. The van der Waals surface area contributed by atoms with Crippen molar-refractivity contribution in [2.45, 2.75) is 43.6 Å². The Labute approximate surface area is 233 Å². The maximum absolute atomic E-state index is 11.2. The Hall–Kier alpha value is -3.20. The molecule has 0 aliphatic carbocycles. The van der Waals surface area contributed by atoms with Gasteiger partial charge in [0, 0.05) is 31.1 Å². The Morgan fingerprint density at radius 2 is 2.00 bits per heavy atom. The lowest BCUT2D eigenvalue weighted by molar-refractivity contribution is -0.136. The molecule has 2 aromatic carbocycles. The average molecular weight is 549 g/mol. The highest BCUT2D eigenvalue weighted by molar-refractivity contribution is 8.14. The summed E-state index contributed by atoms with van der Waals surface area (Å²) in [4.78, 5) is 28.6. The number of carboxylic acid groups (broad SMARTS) is 1. The number of carboxylic acids is 1. The predicted molar refractivity (Wildman–Crippen MR) is 155 cm³/mol. The number of hydrogen-bond donors (Lipinski definition) is 2. The average Bonchev–Trinajstić information content (AvgIpc) is 2.96. The predicted octanol–water partition coefficient (Wildman–Crippen LogP) is 5.14. The molecule has 4 unspecified atom stereocenters. The number of carbonyl (C=O) groups is 2. The van der Waals surface area contributed by atoms with E-state index >= 15 is 0 Å². The summed E-state index contributed by atoms with van der Waals surface area (Å²) in [6.07, 6.45) is 6.00. The van der Waals surface area contributed by atoms with Gasteiger partial charge >= 0.3 is 5.97 Å². The minimum atomic E-state index is -0.945. The van der Waals surface area contributed by atoms with E-state index in [0.717, 1.165) is 59.1 Å². The highest BCUT2D eigenvalue weighted by Gasteiger charge is 2.42. The van der Waals surface area contributed by atoms with Gasteiger partial charge < -0.3 is 14.9 Å². The van der Waals surface area contributed by atoms with E-state index < -0.39 is 17.3 Å². The topological polar surface area (TPSA) is 100.0 Å². The minimum Gasteiger partial charge on any atom is -0.497 e. The number of pyridine rings is 1. The summed E-state index contributed by atoms with van der Waals surface area (Å²) in [5.74, 6) is 1.06. The third-order valence-corrected chi connectivity index (χ3v) is 8.65. The van der Waals surface area contributed by atoms with Crippen molar-refractivity contribution in [2.75, 3.05) is 20.2 Å². The molecule has 2 N–H and O–H groups in total. The molecular weight excluding hydrogens is 512 g/mol. The number of aliphatic carboxylic acids is 1. The Balaban J connectivity index is 0.000000204. The lowest BCUT2D eigenvalue weighted by Gasteiger charge is -2.50. The summed E-state index contributed by atoms with van der Waals surface area (Å²) >= 11 is 0.864. The number of rotatable bonds is 8. The number of hydrogen-bond acceptors (Lipinski definition) is 7. The molecule has 0 radical (unpaired) electrons. The highest BCUT2D eigenvalue weighted by atomic mass is 32.2. The molecule has 2 bridgehead atoms. The molecule has 1 aromatic heterocycles. The first-order chi connectivity index (χ1) is 18.8. The van der Waals surface area contributed by atoms with Crippen LogP contribution < -0.4 is 4.74 Å². The summed E-state index contributed by atoms with van der Waals surface area (Å²) in [7, 11) is 1.66. The van der Waals surface area contributed by atoms with E-state index in [4.69, 9.17) is 9.84 Å². The zero-order chi connectivity index (χ0) is 27.9. The van der Waals surface area contributed by atoms with Crippen LogP contribution in [-0.2, 0) is 16.0 Å². The number of carbonyl (C=O) groups excluding carboxylic acids is 1. The third kappa shape index (κ3) is 7.06. The number of ether oxygens (including phenoxy) is 1. The van der Waals surface area contributed by atoms with E-state index in [1.165, 1.54) is 13.3 Å². The third-order valence-electron chi connectivity index (χ3n) is 7.67. The Morgan fingerprint density at radius 1 is 1.23 bits per heavy atom. The maximum atomic E-state index is 11.2. The summed E-state index contributed by atoms with van der Waals surface area (Å²) in [6.45, 7) is 7.45. The van der Waals surface area contributed by atoms with Crippen LogP contribution in [0, 0.1) is 11.8 Å². The van der Waals surface area contributed by atoms with Crippen molar-refractivity contribution in [3.8, 4) is 5.75 Å². The number of aliphatic hydroxyl groups excluding tert-OH is 1. The number of aromatic nitrogens is 1. The van der Waals surface area contributed by atoms with Crippen LogP contribution in [0.3, 0.4) is 0 Å². The van der Waals surface area contributed by atoms with E-state index in [0.29, 0.717) is 18.3 Å². The first-order valence-electron chi connectivity index (χ1n) is 13.2. The molecule has 0 amide bonds. The zero-order valence-electron chi connectivity index (χ0n) is 22.4. The number of aliphatic hydroxyl groups is 1. The Kier molecular flexibility index (Phi) is 9.78. The van der Waals surface area contributed by atoms with Crippen molar-refractivity contribution in [3.63, 3.8) is 0 Å². The monoisotopic (exact) mass is 548 g/mol. The van der Waals surface area contributed by atoms with Crippen molar-refractivity contribution in [3.05, 3.63) is 84.6 Å². The molecule has 6 rings (SSSR count). The lowest BCUT2D eigenvalue weighted by Crippen LogP contribution is -2.54. The molecule has 3 aliphatic rings. The molecule has 3 fully saturated rings. The van der Waals surface area contributed by atoms with Crippen molar-refractivity contribution >= 4 is 33.7 Å². The minimum absolute atomic E-state index is 0.168. The van der Waals surface area contributed by atoms with Gasteiger partial charge in [-0.2, -0.15) is 0 Å². The second kappa shape index (κ2) is 13.2. The molecule has 7 nitrogen and oxygen atoms in total. The summed E-state index contributed by atoms with van der Waals surface area (Å²) in [6, 6.07) is 17.3. The fourth-order valence-corrected chi connectivity index (χ4v) is 6.43. The first-order valence-corrected chi connectivity index (χ1v) is 14.1. The van der Waals surface area contributed by atoms with E-state index in [9.17, 15) is 14.7 Å². The van der Waals surface area contributed by atoms with Crippen LogP contribution in [0.5, 0.6) is 5.75 Å². The van der Waals surface area contributed by atoms with Gasteiger partial charge in [0.25, 0.3) is 0 Å². The number of nitrogens with zero attached hydrogens (tertiary/aromatic N) is 2. The van der Waals surface area contributed by atoms with Crippen LogP contribution in [0.4, 0.5) is 0 Å². The second-order valence-electron chi connectivity index (χ2n) is 10.1. The largest absolute Gasteiger partial charge is 0.497 e. The first kappa shape index (κ1) is 28.8. The van der Waals surface area contributed by atoms with Crippen molar-refractivity contribution in [1.82, 2.24) is 9.88 Å². The zero-order valence-corrected chi connectivity index (χ0v) is 23.2. The van der Waals surface area contributed by atoms with Crippen LogP contribution in [0.25, 0.3) is 10.9 Å².